The summed E-state index contributed by atoms with van der Waals surface area (Å²) in [6.45, 7) is 3.72. The van der Waals surface area contributed by atoms with Crippen LogP contribution < -0.4 is 10.7 Å². The van der Waals surface area contributed by atoms with Crippen LogP contribution in [0.5, 0.6) is 0 Å². The minimum Gasteiger partial charge on any atom is -0.343 e. The number of carbonyl (C=O) groups excluding carboxylic acids is 3. The van der Waals surface area contributed by atoms with Crippen molar-refractivity contribution in [3.8, 4) is 0 Å². The quantitative estimate of drug-likeness (QED) is 0.533. The average molecular weight is 473 g/mol. The molecule has 0 aliphatic carbocycles. The summed E-state index contributed by atoms with van der Waals surface area (Å²) in [6.07, 6.45) is 4.83. The van der Waals surface area contributed by atoms with Crippen molar-refractivity contribution in [2.75, 3.05) is 6.54 Å². The van der Waals surface area contributed by atoms with Crippen molar-refractivity contribution in [3.05, 3.63) is 106 Å². The number of thioether (sulfide) groups is 1. The molecule has 1 fully saturated rings. The Kier molecular flexibility index (Phi) is 7.08. The van der Waals surface area contributed by atoms with Crippen LogP contribution in [0.3, 0.4) is 0 Å². The van der Waals surface area contributed by atoms with E-state index in [1.54, 1.807) is 12.1 Å². The van der Waals surface area contributed by atoms with Crippen molar-refractivity contribution in [1.29, 1.82) is 0 Å². The van der Waals surface area contributed by atoms with Gasteiger partial charge in [-0.1, -0.05) is 71.4 Å². The molecule has 1 atom stereocenters. The smallest absolute Gasteiger partial charge is 0.280 e. The van der Waals surface area contributed by atoms with Crippen molar-refractivity contribution in [1.82, 2.24) is 20.7 Å². The molecule has 2 heterocycles. The van der Waals surface area contributed by atoms with Gasteiger partial charge in [0.1, 0.15) is 5.37 Å². The zero-order chi connectivity index (χ0) is 24.1. The van der Waals surface area contributed by atoms with Gasteiger partial charge in [-0.25, -0.2) is 5.01 Å². The van der Waals surface area contributed by atoms with Crippen LogP contribution in [0.25, 0.3) is 6.08 Å². The average Bonchev–Trinajstić information content (AvgIpc) is 3.15. The molecule has 8 heteroatoms. The van der Waals surface area contributed by atoms with Gasteiger partial charge in [-0.2, -0.15) is 0 Å². The summed E-state index contributed by atoms with van der Waals surface area (Å²) in [5.74, 6) is -1.19. The number of hydrazine groups is 1. The van der Waals surface area contributed by atoms with Crippen molar-refractivity contribution >= 4 is 35.6 Å². The minimum atomic E-state index is -0.495. The first-order valence-electron chi connectivity index (χ1n) is 10.7. The molecule has 2 aromatic carbocycles. The lowest BCUT2D eigenvalue weighted by Crippen LogP contribution is -2.48. The lowest BCUT2D eigenvalue weighted by atomic mass is 10.1. The standard InChI is InChI=1S/C26H24N4O3S/c1-17-3-7-19(8-4-17)15-22-25(33)30(26(34-22)21-9-5-18(2)6-10-21)29-23(31)16-28-24(32)20-11-13-27-14-12-20/h3-15,26H,16H2,1-2H3,(H,28,32)(H,29,31)/b22-15-. The maximum Gasteiger partial charge on any atom is 0.280 e. The Balaban J connectivity index is 1.51. The predicted molar refractivity (Wildman–Crippen MR) is 132 cm³/mol. The minimum absolute atomic E-state index is 0.271. The topological polar surface area (TPSA) is 91.4 Å². The van der Waals surface area contributed by atoms with Crippen molar-refractivity contribution in [2.45, 2.75) is 19.2 Å². The number of nitrogens with one attached hydrogen (secondary N) is 2. The third kappa shape index (κ3) is 5.52. The van der Waals surface area contributed by atoms with E-state index in [0.29, 0.717) is 10.5 Å². The highest BCUT2D eigenvalue weighted by Crippen LogP contribution is 2.45. The molecular formula is C26H24N4O3S. The second-order valence-corrected chi connectivity index (χ2v) is 9.05. The van der Waals surface area contributed by atoms with E-state index in [-0.39, 0.29) is 12.5 Å². The maximum absolute atomic E-state index is 13.3. The third-order valence-electron chi connectivity index (χ3n) is 5.24. The van der Waals surface area contributed by atoms with Gasteiger partial charge in [-0.15, -0.1) is 0 Å². The van der Waals surface area contributed by atoms with Gasteiger partial charge in [0.25, 0.3) is 17.7 Å². The zero-order valence-corrected chi connectivity index (χ0v) is 19.6. The van der Waals surface area contributed by atoms with Gasteiger partial charge in [0.15, 0.2) is 0 Å². The highest BCUT2D eigenvalue weighted by Gasteiger charge is 2.38. The Labute approximate surface area is 202 Å². The third-order valence-corrected chi connectivity index (χ3v) is 6.49. The van der Waals surface area contributed by atoms with Crippen LogP contribution in [0.1, 0.15) is 38.0 Å². The second-order valence-electron chi connectivity index (χ2n) is 7.93. The zero-order valence-electron chi connectivity index (χ0n) is 18.8. The molecule has 1 aromatic heterocycles. The molecule has 172 valence electrons. The molecule has 4 rings (SSSR count). The number of pyridine rings is 1. The number of nitrogens with zero attached hydrogens (tertiary/aromatic N) is 2. The van der Waals surface area contributed by atoms with Crippen molar-refractivity contribution < 1.29 is 14.4 Å². The highest BCUT2D eigenvalue weighted by atomic mass is 32.2. The Bertz CT molecular complexity index is 1230. The Morgan fingerprint density at radius 2 is 1.59 bits per heavy atom. The number of hydrogen-bond donors (Lipinski definition) is 2. The maximum atomic E-state index is 13.3. The van der Waals surface area contributed by atoms with E-state index in [0.717, 1.165) is 22.3 Å². The fraction of sp³-hybridized carbons (Fsp3) is 0.154. The van der Waals surface area contributed by atoms with Crippen molar-refractivity contribution in [3.63, 3.8) is 0 Å². The molecule has 3 aromatic rings. The van der Waals surface area contributed by atoms with Gasteiger partial charge in [0.05, 0.1) is 11.4 Å². The summed E-state index contributed by atoms with van der Waals surface area (Å²) in [5.41, 5.74) is 7.10. The molecule has 7 nitrogen and oxygen atoms in total. The first kappa shape index (κ1) is 23.3. The van der Waals surface area contributed by atoms with E-state index in [2.05, 4.69) is 15.7 Å². The first-order valence-corrected chi connectivity index (χ1v) is 11.6. The molecule has 0 bridgehead atoms. The lowest BCUT2D eigenvalue weighted by molar-refractivity contribution is -0.137. The summed E-state index contributed by atoms with van der Waals surface area (Å²) < 4.78 is 0. The van der Waals surface area contributed by atoms with E-state index in [1.807, 2.05) is 68.5 Å². The molecule has 0 radical (unpaired) electrons. The van der Waals surface area contributed by atoms with Crippen LogP contribution in [0.15, 0.2) is 78.0 Å². The number of amides is 3. The van der Waals surface area contributed by atoms with Gasteiger partial charge in [0, 0.05) is 18.0 Å². The van der Waals surface area contributed by atoms with Gasteiger partial charge in [-0.3, -0.25) is 24.8 Å². The van der Waals surface area contributed by atoms with E-state index in [1.165, 1.54) is 29.2 Å². The molecular weight excluding hydrogens is 448 g/mol. The number of aromatic nitrogens is 1. The van der Waals surface area contributed by atoms with Gasteiger partial charge in [-0.05, 0) is 43.2 Å². The first-order chi connectivity index (χ1) is 16.4. The molecule has 3 amide bonds. The van der Waals surface area contributed by atoms with Gasteiger partial charge >= 0.3 is 0 Å². The fourth-order valence-corrected chi connectivity index (χ4v) is 4.55. The lowest BCUT2D eigenvalue weighted by Gasteiger charge is -2.24. The normalized spacial score (nSPS) is 16.5. The largest absolute Gasteiger partial charge is 0.343 e. The van der Waals surface area contributed by atoms with Crippen molar-refractivity contribution in [2.24, 2.45) is 0 Å². The summed E-state index contributed by atoms with van der Waals surface area (Å²) in [4.78, 5) is 42.5. The molecule has 0 saturated carbocycles. The Morgan fingerprint density at radius 3 is 2.24 bits per heavy atom. The Hall–Kier alpha value is -3.91. The fourth-order valence-electron chi connectivity index (χ4n) is 3.36. The van der Waals surface area contributed by atoms with E-state index in [9.17, 15) is 14.4 Å². The van der Waals surface area contributed by atoms with Gasteiger partial charge < -0.3 is 5.32 Å². The summed E-state index contributed by atoms with van der Waals surface area (Å²) in [5, 5.41) is 3.47. The molecule has 1 unspecified atom stereocenters. The van der Waals surface area contributed by atoms with Crippen LogP contribution in [0.4, 0.5) is 0 Å². The molecule has 1 aliphatic heterocycles. The molecule has 1 saturated heterocycles. The summed E-state index contributed by atoms with van der Waals surface area (Å²) >= 11 is 1.38. The predicted octanol–water partition coefficient (Wildman–Crippen LogP) is 3.77. The van der Waals surface area contributed by atoms with E-state index in [4.69, 9.17) is 0 Å². The number of aryl methyl sites for hydroxylation is 2. The van der Waals surface area contributed by atoms with Crippen LogP contribution in [-0.4, -0.2) is 34.3 Å². The summed E-state index contributed by atoms with van der Waals surface area (Å²) in [6, 6.07) is 18.8. The number of carbonyl (C=O) groups is 3. The number of hydrogen-bond acceptors (Lipinski definition) is 5. The SMILES string of the molecule is Cc1ccc(/C=C2\SC(c3ccc(C)cc3)N(NC(=O)CNC(=O)c3ccncc3)C2=O)cc1. The molecule has 1 aliphatic rings. The van der Waals surface area contributed by atoms with Crippen LogP contribution >= 0.6 is 11.8 Å². The number of benzene rings is 2. The molecule has 34 heavy (non-hydrogen) atoms. The van der Waals surface area contributed by atoms with Gasteiger partial charge in [0.2, 0.25) is 0 Å². The van der Waals surface area contributed by atoms with Crippen LogP contribution in [0.2, 0.25) is 0 Å². The monoisotopic (exact) mass is 472 g/mol. The molecule has 2 N–H and O–H groups in total. The summed E-state index contributed by atoms with van der Waals surface area (Å²) in [7, 11) is 0. The van der Waals surface area contributed by atoms with Crippen LogP contribution in [0, 0.1) is 13.8 Å². The van der Waals surface area contributed by atoms with Crippen LogP contribution in [-0.2, 0) is 9.59 Å². The van der Waals surface area contributed by atoms with E-state index < -0.39 is 17.2 Å². The molecule has 0 spiro atoms. The van der Waals surface area contributed by atoms with E-state index >= 15 is 0 Å². The Morgan fingerprint density at radius 1 is 0.971 bits per heavy atom. The second kappa shape index (κ2) is 10.4. The highest BCUT2D eigenvalue weighted by molar-refractivity contribution is 8.04. The number of rotatable bonds is 6.